The van der Waals surface area contributed by atoms with E-state index in [0.717, 1.165) is 22.2 Å². The summed E-state index contributed by atoms with van der Waals surface area (Å²) in [6.07, 6.45) is 3.01. The quantitative estimate of drug-likeness (QED) is 0.229. The van der Waals surface area contributed by atoms with Crippen molar-refractivity contribution in [2.45, 2.75) is 19.8 Å². The molecule has 0 atom stereocenters. The molecule has 2 heterocycles. The molecule has 0 saturated heterocycles. The van der Waals surface area contributed by atoms with E-state index in [1.165, 1.54) is 11.6 Å². The van der Waals surface area contributed by atoms with E-state index < -0.39 is 0 Å². The van der Waals surface area contributed by atoms with E-state index in [4.69, 9.17) is 32.0 Å². The van der Waals surface area contributed by atoms with Gasteiger partial charge in [-0.25, -0.2) is 4.98 Å². The molecule has 0 aliphatic carbocycles. The number of fused-ring (bicyclic) bond motifs is 1. The van der Waals surface area contributed by atoms with Crippen molar-refractivity contribution in [3.63, 3.8) is 0 Å². The summed E-state index contributed by atoms with van der Waals surface area (Å²) in [4.78, 5) is 17.2. The Bertz CT molecular complexity index is 1580. The van der Waals surface area contributed by atoms with Gasteiger partial charge in [0.25, 0.3) is 0 Å². The summed E-state index contributed by atoms with van der Waals surface area (Å²) in [7, 11) is 0. The average molecular weight is 517 g/mol. The third-order valence-electron chi connectivity index (χ3n) is 5.63. The summed E-state index contributed by atoms with van der Waals surface area (Å²) in [6.45, 7) is 4.28. The second-order valence-electron chi connectivity index (χ2n) is 8.66. The van der Waals surface area contributed by atoms with Crippen molar-refractivity contribution in [3.05, 3.63) is 100 Å². The lowest BCUT2D eigenvalue weighted by atomic mass is 10.0. The van der Waals surface area contributed by atoms with Crippen LogP contribution in [0.3, 0.4) is 0 Å². The van der Waals surface area contributed by atoms with Gasteiger partial charge < -0.3 is 14.2 Å². The predicted molar refractivity (Wildman–Crippen MR) is 145 cm³/mol. The fourth-order valence-corrected chi connectivity index (χ4v) is 4.32. The van der Waals surface area contributed by atoms with E-state index >= 15 is 0 Å². The first-order chi connectivity index (χ1) is 17.3. The van der Waals surface area contributed by atoms with Crippen molar-refractivity contribution in [3.8, 4) is 22.8 Å². The standard InChI is InChI=1S/C29H22Cl2N2O3/c1-17(2)18-6-9-27-25(15-18)33-29(36-27)19-4-3-5-23(14-19)32-28(34)11-8-24-7-10-26(35-24)20-12-21(30)16-22(31)13-20/h3-17H,1-2H3,(H,32,34)/b11-8+. The number of oxazole rings is 1. The van der Waals surface area contributed by atoms with Gasteiger partial charge >= 0.3 is 0 Å². The first-order valence-corrected chi connectivity index (χ1v) is 12.2. The molecule has 5 nitrogen and oxygen atoms in total. The van der Waals surface area contributed by atoms with E-state index in [9.17, 15) is 4.79 Å². The van der Waals surface area contributed by atoms with Crippen LogP contribution in [0.2, 0.25) is 10.0 Å². The number of rotatable bonds is 6. The zero-order chi connectivity index (χ0) is 25.2. The highest BCUT2D eigenvalue weighted by atomic mass is 35.5. The van der Waals surface area contributed by atoms with Gasteiger partial charge in [-0.1, -0.05) is 49.2 Å². The van der Waals surface area contributed by atoms with E-state index in [1.807, 2.05) is 36.4 Å². The Morgan fingerprint density at radius 1 is 0.917 bits per heavy atom. The van der Waals surface area contributed by atoms with Crippen LogP contribution in [0, 0.1) is 0 Å². The fourth-order valence-electron chi connectivity index (χ4n) is 3.79. The molecule has 1 amide bonds. The topological polar surface area (TPSA) is 68.3 Å². The fraction of sp³-hybridized carbons (Fsp3) is 0.103. The van der Waals surface area contributed by atoms with Crippen LogP contribution >= 0.6 is 23.2 Å². The molecule has 0 aliphatic heterocycles. The zero-order valence-electron chi connectivity index (χ0n) is 19.6. The minimum Gasteiger partial charge on any atom is -0.457 e. The minimum atomic E-state index is -0.296. The highest BCUT2D eigenvalue weighted by Crippen LogP contribution is 2.30. The Hall–Kier alpha value is -3.80. The maximum absolute atomic E-state index is 12.5. The van der Waals surface area contributed by atoms with E-state index in [0.29, 0.717) is 39.1 Å². The van der Waals surface area contributed by atoms with Crippen molar-refractivity contribution in [2.75, 3.05) is 5.32 Å². The molecule has 0 unspecified atom stereocenters. The van der Waals surface area contributed by atoms with Crippen LogP contribution in [-0.4, -0.2) is 10.9 Å². The smallest absolute Gasteiger partial charge is 0.248 e. The highest BCUT2D eigenvalue weighted by Gasteiger charge is 2.11. The third-order valence-corrected chi connectivity index (χ3v) is 6.06. The highest BCUT2D eigenvalue weighted by molar-refractivity contribution is 6.35. The van der Waals surface area contributed by atoms with Crippen LogP contribution in [-0.2, 0) is 4.79 Å². The second kappa shape index (κ2) is 10.1. The van der Waals surface area contributed by atoms with Crippen molar-refractivity contribution in [1.29, 1.82) is 0 Å². The van der Waals surface area contributed by atoms with Gasteiger partial charge in [-0.15, -0.1) is 0 Å². The van der Waals surface area contributed by atoms with Crippen molar-refractivity contribution in [1.82, 2.24) is 4.98 Å². The number of amides is 1. The second-order valence-corrected chi connectivity index (χ2v) is 9.54. The predicted octanol–water partition coefficient (Wildman–Crippen LogP) is 8.84. The number of halogens is 2. The first kappa shape index (κ1) is 23.9. The molecule has 0 aliphatic rings. The Labute approximate surface area is 218 Å². The van der Waals surface area contributed by atoms with Gasteiger partial charge in [0.05, 0.1) is 0 Å². The largest absolute Gasteiger partial charge is 0.457 e. The van der Waals surface area contributed by atoms with Gasteiger partial charge in [-0.3, -0.25) is 4.79 Å². The molecule has 7 heteroatoms. The van der Waals surface area contributed by atoms with Gasteiger partial charge in [-0.2, -0.15) is 0 Å². The number of nitrogens with one attached hydrogen (secondary N) is 1. The van der Waals surface area contributed by atoms with Crippen LogP contribution in [0.1, 0.15) is 31.1 Å². The number of anilines is 1. The summed E-state index contributed by atoms with van der Waals surface area (Å²) < 4.78 is 11.7. The molecule has 5 aromatic rings. The van der Waals surface area contributed by atoms with Crippen molar-refractivity contribution >= 4 is 52.0 Å². The van der Waals surface area contributed by atoms with E-state index in [-0.39, 0.29) is 5.91 Å². The molecule has 3 aromatic carbocycles. The summed E-state index contributed by atoms with van der Waals surface area (Å²) in [5.41, 5.74) is 4.90. The number of furan rings is 1. The summed E-state index contributed by atoms with van der Waals surface area (Å²) in [5, 5.41) is 3.90. The van der Waals surface area contributed by atoms with Crippen LogP contribution in [0.5, 0.6) is 0 Å². The van der Waals surface area contributed by atoms with Crippen molar-refractivity contribution < 1.29 is 13.6 Å². The number of hydrogen-bond acceptors (Lipinski definition) is 4. The molecule has 180 valence electrons. The van der Waals surface area contributed by atoms with E-state index in [1.54, 1.807) is 36.4 Å². The number of nitrogens with zero attached hydrogens (tertiary/aromatic N) is 1. The minimum absolute atomic E-state index is 0.296. The summed E-state index contributed by atoms with van der Waals surface area (Å²) >= 11 is 12.1. The molecule has 5 rings (SSSR count). The van der Waals surface area contributed by atoms with Crippen molar-refractivity contribution in [2.24, 2.45) is 0 Å². The molecular weight excluding hydrogens is 495 g/mol. The van der Waals surface area contributed by atoms with Gasteiger partial charge in [-0.05, 0) is 78.2 Å². The number of carbonyl (C=O) groups excluding carboxylic acids is 1. The number of aromatic nitrogens is 1. The molecular formula is C29H22Cl2N2O3. The molecule has 1 N–H and O–H groups in total. The Kier molecular flexibility index (Phi) is 6.68. The lowest BCUT2D eigenvalue weighted by Crippen LogP contribution is -2.07. The number of benzene rings is 3. The summed E-state index contributed by atoms with van der Waals surface area (Å²) in [5.74, 6) is 1.74. The Morgan fingerprint density at radius 2 is 1.72 bits per heavy atom. The van der Waals surface area contributed by atoms with Gasteiger partial charge in [0.2, 0.25) is 11.8 Å². The lowest BCUT2D eigenvalue weighted by Gasteiger charge is -2.03. The van der Waals surface area contributed by atoms with Gasteiger partial charge in [0.1, 0.15) is 17.0 Å². The summed E-state index contributed by atoms with van der Waals surface area (Å²) in [6, 6.07) is 22.2. The molecule has 0 spiro atoms. The van der Waals surface area contributed by atoms with Crippen LogP contribution in [0.15, 0.2) is 87.7 Å². The lowest BCUT2D eigenvalue weighted by molar-refractivity contribution is -0.111. The molecule has 0 radical (unpaired) electrons. The molecule has 2 aromatic heterocycles. The Balaban J connectivity index is 1.29. The molecule has 36 heavy (non-hydrogen) atoms. The first-order valence-electron chi connectivity index (χ1n) is 11.4. The molecule has 0 fully saturated rings. The SMILES string of the molecule is CC(C)c1ccc2oc(-c3cccc(NC(=O)/C=C/c4ccc(-c5cc(Cl)cc(Cl)c5)o4)c3)nc2c1. The van der Waals surface area contributed by atoms with E-state index in [2.05, 4.69) is 30.2 Å². The normalized spacial score (nSPS) is 11.6. The maximum atomic E-state index is 12.5. The number of hydrogen-bond donors (Lipinski definition) is 1. The van der Waals surface area contributed by atoms with Gasteiger partial charge in [0.15, 0.2) is 5.58 Å². The molecule has 0 bridgehead atoms. The Morgan fingerprint density at radius 3 is 2.50 bits per heavy atom. The maximum Gasteiger partial charge on any atom is 0.248 e. The monoisotopic (exact) mass is 516 g/mol. The van der Waals surface area contributed by atoms with Crippen LogP contribution < -0.4 is 5.32 Å². The molecule has 0 saturated carbocycles. The third kappa shape index (κ3) is 5.38. The van der Waals surface area contributed by atoms with Crippen LogP contribution in [0.25, 0.3) is 40.0 Å². The number of carbonyl (C=O) groups is 1. The van der Waals surface area contributed by atoms with Gasteiger partial charge in [0, 0.05) is 32.9 Å². The van der Waals surface area contributed by atoms with Crippen LogP contribution in [0.4, 0.5) is 5.69 Å². The zero-order valence-corrected chi connectivity index (χ0v) is 21.1. The average Bonchev–Trinajstić information content (AvgIpc) is 3.49.